The first-order valence-electron chi connectivity index (χ1n) is 8.80. The van der Waals surface area contributed by atoms with Gasteiger partial charge >= 0.3 is 6.09 Å². The van der Waals surface area contributed by atoms with E-state index in [1.807, 2.05) is 0 Å². The van der Waals surface area contributed by atoms with Crippen LogP contribution >= 0.6 is 11.8 Å². The summed E-state index contributed by atoms with van der Waals surface area (Å²) in [6.07, 6.45) is -2.46. The summed E-state index contributed by atoms with van der Waals surface area (Å²) in [6.45, 7) is 5.09. The van der Waals surface area contributed by atoms with Crippen LogP contribution in [0.15, 0.2) is 23.2 Å². The molecule has 0 bridgehead atoms. The van der Waals surface area contributed by atoms with Crippen LogP contribution in [0.5, 0.6) is 0 Å². The second kappa shape index (κ2) is 6.98. The van der Waals surface area contributed by atoms with Gasteiger partial charge < -0.3 is 5.11 Å². The molecule has 0 unspecified atom stereocenters. The lowest BCUT2D eigenvalue weighted by Crippen LogP contribution is -2.50. The van der Waals surface area contributed by atoms with Gasteiger partial charge in [0, 0.05) is 41.3 Å². The highest BCUT2D eigenvalue weighted by atomic mass is 32.2. The van der Waals surface area contributed by atoms with Gasteiger partial charge in [0.15, 0.2) is 5.17 Å². The number of fused-ring (bicyclic) bond motifs is 1. The molecule has 1 heterocycles. The number of hydrogen-bond acceptors (Lipinski definition) is 5. The van der Waals surface area contributed by atoms with Crippen molar-refractivity contribution in [1.29, 1.82) is 0 Å². The van der Waals surface area contributed by atoms with Crippen LogP contribution in [0.1, 0.15) is 39.2 Å². The van der Waals surface area contributed by atoms with E-state index in [4.69, 9.17) is 0 Å². The van der Waals surface area contributed by atoms with Crippen LogP contribution in [0.4, 0.5) is 19.3 Å². The molecule has 0 spiro atoms. The monoisotopic (exact) mass is 413 g/mol. The van der Waals surface area contributed by atoms with Gasteiger partial charge in [0.1, 0.15) is 12.0 Å². The Morgan fingerprint density at radius 1 is 1.46 bits per heavy atom. The first-order valence-corrected chi connectivity index (χ1v) is 9.78. The number of nitro benzene ring substituents is 1. The predicted molar refractivity (Wildman–Crippen MR) is 102 cm³/mol. The Morgan fingerprint density at radius 2 is 2.14 bits per heavy atom. The van der Waals surface area contributed by atoms with Crippen molar-refractivity contribution >= 4 is 28.7 Å². The fourth-order valence-electron chi connectivity index (χ4n) is 3.93. The second-order valence-corrected chi connectivity index (χ2v) is 9.06. The van der Waals surface area contributed by atoms with Crippen LogP contribution in [-0.4, -0.2) is 43.7 Å². The van der Waals surface area contributed by atoms with Crippen LogP contribution in [0.3, 0.4) is 0 Å². The summed E-state index contributed by atoms with van der Waals surface area (Å²) < 4.78 is 29.2. The van der Waals surface area contributed by atoms with E-state index in [-0.39, 0.29) is 35.2 Å². The molecule has 1 saturated carbocycles. The van der Waals surface area contributed by atoms with Gasteiger partial charge in [0.2, 0.25) is 0 Å². The Bertz CT molecular complexity index is 858. The van der Waals surface area contributed by atoms with E-state index >= 15 is 0 Å². The highest BCUT2D eigenvalue weighted by molar-refractivity contribution is 8.13. The number of hydrogen-bond donors (Lipinski definition) is 1. The lowest BCUT2D eigenvalue weighted by Gasteiger charge is -2.41. The maximum Gasteiger partial charge on any atom is 0.413 e. The third kappa shape index (κ3) is 3.45. The number of nitro groups is 1. The summed E-state index contributed by atoms with van der Waals surface area (Å²) in [5.74, 6) is -0.748. The Hall–Kier alpha value is -2.23. The van der Waals surface area contributed by atoms with E-state index in [0.29, 0.717) is 5.75 Å². The number of non-ortho nitro benzene ring substituents is 1. The minimum Gasteiger partial charge on any atom is -0.465 e. The average Bonchev–Trinajstić information content (AvgIpc) is 2.89. The maximum absolute atomic E-state index is 14.7. The summed E-state index contributed by atoms with van der Waals surface area (Å²) in [4.78, 5) is 28.0. The van der Waals surface area contributed by atoms with Crippen LogP contribution < -0.4 is 0 Å². The molecule has 3 rings (SSSR count). The fourth-order valence-corrected chi connectivity index (χ4v) is 5.40. The molecule has 1 N–H and O–H groups in total. The van der Waals surface area contributed by atoms with Crippen molar-refractivity contribution in [2.24, 2.45) is 10.9 Å². The van der Waals surface area contributed by atoms with Gasteiger partial charge in [0.05, 0.1) is 10.5 Å². The van der Waals surface area contributed by atoms with Crippen molar-refractivity contribution in [1.82, 2.24) is 4.90 Å². The zero-order valence-electron chi connectivity index (χ0n) is 15.7. The Labute approximate surface area is 165 Å². The van der Waals surface area contributed by atoms with Gasteiger partial charge in [-0.2, -0.15) is 0 Å². The van der Waals surface area contributed by atoms with Crippen molar-refractivity contribution in [2.45, 2.75) is 50.9 Å². The van der Waals surface area contributed by atoms with Crippen LogP contribution in [0.2, 0.25) is 0 Å². The van der Waals surface area contributed by atoms with Crippen molar-refractivity contribution in [3.8, 4) is 0 Å². The number of benzene rings is 1. The summed E-state index contributed by atoms with van der Waals surface area (Å²) in [7, 11) is 0. The number of amides is 1. The number of aliphatic imine (C=N–C) groups is 1. The zero-order valence-corrected chi connectivity index (χ0v) is 16.5. The molecule has 1 aliphatic carbocycles. The van der Waals surface area contributed by atoms with Crippen LogP contribution in [0.25, 0.3) is 0 Å². The molecular formula is C18H21F2N3O4S. The van der Waals surface area contributed by atoms with E-state index in [2.05, 4.69) is 4.99 Å². The number of carbonyl (C=O) groups is 1. The predicted octanol–water partition coefficient (Wildman–Crippen LogP) is 4.56. The molecule has 1 aromatic rings. The van der Waals surface area contributed by atoms with E-state index < -0.39 is 34.1 Å². The highest BCUT2D eigenvalue weighted by Gasteiger charge is 2.54. The minimum atomic E-state index is -1.37. The highest BCUT2D eigenvalue weighted by Crippen LogP contribution is 2.53. The third-order valence-electron chi connectivity index (χ3n) is 5.14. The average molecular weight is 413 g/mol. The summed E-state index contributed by atoms with van der Waals surface area (Å²) in [5.41, 5.74) is -2.55. The van der Waals surface area contributed by atoms with E-state index in [1.165, 1.54) is 11.8 Å². The molecule has 0 aromatic heterocycles. The topological polar surface area (TPSA) is 96.0 Å². The number of nitrogens with zero attached hydrogens (tertiary/aromatic N) is 3. The second-order valence-electron chi connectivity index (χ2n) is 8.07. The SMILES string of the molecule is CC(C)(C)N(C(=O)O)C1=N[C@@]2(c3cc([N+](=O)[O-])ccc3F)C[C@H](F)C[C@H]2CS1. The number of amidine groups is 1. The van der Waals surface area contributed by atoms with Gasteiger partial charge in [-0.25, -0.2) is 18.6 Å². The van der Waals surface area contributed by atoms with Crippen molar-refractivity contribution in [2.75, 3.05) is 5.75 Å². The zero-order chi connectivity index (χ0) is 20.9. The van der Waals surface area contributed by atoms with Crippen molar-refractivity contribution in [3.05, 3.63) is 39.7 Å². The Kier molecular flexibility index (Phi) is 5.11. The fraction of sp³-hybridized carbons (Fsp3) is 0.556. The summed E-state index contributed by atoms with van der Waals surface area (Å²) >= 11 is 1.19. The van der Waals surface area contributed by atoms with Crippen LogP contribution in [0, 0.1) is 21.8 Å². The first kappa shape index (κ1) is 20.5. The molecule has 7 nitrogen and oxygen atoms in total. The molecule has 1 fully saturated rings. The Morgan fingerprint density at radius 3 is 2.71 bits per heavy atom. The quantitative estimate of drug-likeness (QED) is 0.566. The summed E-state index contributed by atoms with van der Waals surface area (Å²) in [6, 6.07) is 3.13. The lowest BCUT2D eigenvalue weighted by atomic mass is 9.81. The molecule has 152 valence electrons. The number of rotatable bonds is 2. The van der Waals surface area contributed by atoms with Gasteiger partial charge in [-0.3, -0.25) is 15.0 Å². The molecule has 3 atom stereocenters. The van der Waals surface area contributed by atoms with E-state index in [0.717, 1.165) is 23.1 Å². The molecular weight excluding hydrogens is 392 g/mol. The minimum absolute atomic E-state index is 0.0519. The van der Waals surface area contributed by atoms with Gasteiger partial charge in [-0.15, -0.1) is 0 Å². The van der Waals surface area contributed by atoms with Crippen LogP contribution in [-0.2, 0) is 5.54 Å². The molecule has 0 radical (unpaired) electrons. The number of carboxylic acid groups (broad SMARTS) is 1. The normalized spacial score (nSPS) is 27.1. The standard InChI is InChI=1S/C18H21F2N3O4S/c1-17(2,3)22(16(24)25)15-21-18(8-11(19)6-10(18)9-28-15)13-7-12(23(26)27)4-5-14(13)20/h4-5,7,10-11H,6,8-9H2,1-3H3,(H,24,25)/t10-,11+,18-/m0/s1. The first-order chi connectivity index (χ1) is 13.0. The third-order valence-corrected chi connectivity index (χ3v) is 6.24. The molecule has 1 amide bonds. The Balaban J connectivity index is 2.21. The number of thioether (sulfide) groups is 1. The maximum atomic E-state index is 14.7. The van der Waals surface area contributed by atoms with E-state index in [9.17, 15) is 28.8 Å². The number of alkyl halides is 1. The van der Waals surface area contributed by atoms with E-state index in [1.54, 1.807) is 20.8 Å². The van der Waals surface area contributed by atoms with Crippen molar-refractivity contribution < 1.29 is 23.6 Å². The van der Waals surface area contributed by atoms with Gasteiger partial charge in [-0.05, 0) is 33.3 Å². The molecule has 10 heteroatoms. The summed E-state index contributed by atoms with van der Waals surface area (Å²) in [5, 5.41) is 21.0. The van der Waals surface area contributed by atoms with Crippen molar-refractivity contribution in [3.63, 3.8) is 0 Å². The molecule has 28 heavy (non-hydrogen) atoms. The smallest absolute Gasteiger partial charge is 0.413 e. The largest absolute Gasteiger partial charge is 0.465 e. The van der Waals surface area contributed by atoms with Gasteiger partial charge in [0.25, 0.3) is 5.69 Å². The molecule has 1 aliphatic heterocycles. The molecule has 2 aliphatic rings. The van der Waals surface area contributed by atoms with Gasteiger partial charge in [-0.1, -0.05) is 11.8 Å². The lowest BCUT2D eigenvalue weighted by molar-refractivity contribution is -0.385. The molecule has 1 aromatic carbocycles. The number of halogens is 2. The molecule has 0 saturated heterocycles.